The second kappa shape index (κ2) is 4.25. The fraction of sp³-hybridized carbons (Fsp3) is 0.231. The molecule has 0 radical (unpaired) electrons. The average Bonchev–Trinajstić information content (AvgIpc) is 2.52. The van der Waals surface area contributed by atoms with Gasteiger partial charge >= 0.3 is 0 Å². The van der Waals surface area contributed by atoms with Crippen molar-refractivity contribution in [3.63, 3.8) is 0 Å². The summed E-state index contributed by atoms with van der Waals surface area (Å²) in [6, 6.07) is 5.55. The molecule has 0 aliphatic rings. The van der Waals surface area contributed by atoms with Crippen LogP contribution >= 0.6 is 0 Å². The van der Waals surface area contributed by atoms with Crippen LogP contribution in [0.15, 0.2) is 29.1 Å². The Kier molecular flexibility index (Phi) is 2.90. The Balaban J connectivity index is 2.73. The quantitative estimate of drug-likeness (QED) is 0.761. The van der Waals surface area contributed by atoms with E-state index in [0.29, 0.717) is 11.4 Å². The van der Waals surface area contributed by atoms with Gasteiger partial charge in [-0.3, -0.25) is 14.3 Å². The molecule has 2 rings (SSSR count). The van der Waals surface area contributed by atoms with Crippen LogP contribution in [0.1, 0.15) is 23.0 Å². The number of halogens is 1. The lowest BCUT2D eigenvalue weighted by atomic mass is 10.2. The molecule has 0 saturated heterocycles. The van der Waals surface area contributed by atoms with Crippen LogP contribution in [0.3, 0.4) is 0 Å². The number of carbonyl (C=O) groups is 1. The Morgan fingerprint density at radius 3 is 2.22 bits per heavy atom. The first-order valence-electron chi connectivity index (χ1n) is 5.49. The number of nitrogens with zero attached hydrogens (tertiary/aromatic N) is 2. The third kappa shape index (κ3) is 1.77. The molecule has 4 nitrogen and oxygen atoms in total. The normalized spacial score (nSPS) is 10.7. The van der Waals surface area contributed by atoms with Crippen molar-refractivity contribution >= 4 is 5.78 Å². The Hall–Kier alpha value is -2.17. The van der Waals surface area contributed by atoms with Gasteiger partial charge in [0.05, 0.1) is 5.69 Å². The van der Waals surface area contributed by atoms with Gasteiger partial charge in [-0.2, -0.15) is 0 Å². The third-order valence-electron chi connectivity index (χ3n) is 2.98. The molecule has 1 heterocycles. The molecule has 0 N–H and O–H groups in total. The first kappa shape index (κ1) is 12.3. The summed E-state index contributed by atoms with van der Waals surface area (Å²) in [5, 5.41) is 0. The molecule has 94 valence electrons. The molecule has 0 amide bonds. The molecular formula is C13H13FN2O2. The lowest BCUT2D eigenvalue weighted by Gasteiger charge is -2.07. The zero-order valence-electron chi connectivity index (χ0n) is 10.4. The van der Waals surface area contributed by atoms with Crippen molar-refractivity contribution < 1.29 is 9.18 Å². The van der Waals surface area contributed by atoms with E-state index < -0.39 is 0 Å². The standard InChI is InChI=1S/C13H13FN2O2/c1-8-12(9(2)17)13(18)16(15(8)3)11-6-4-10(14)5-7-11/h4-7H,1-3H3. The number of Topliss-reactive ketones (excluding diaryl/α,β-unsaturated/α-hetero) is 1. The van der Waals surface area contributed by atoms with E-state index in [9.17, 15) is 14.0 Å². The highest BCUT2D eigenvalue weighted by Gasteiger charge is 2.18. The SMILES string of the molecule is CC(=O)c1c(C)n(C)n(-c2ccc(F)cc2)c1=O. The van der Waals surface area contributed by atoms with E-state index >= 15 is 0 Å². The molecule has 1 aromatic heterocycles. The summed E-state index contributed by atoms with van der Waals surface area (Å²) in [5.74, 6) is -0.640. The maximum absolute atomic E-state index is 12.9. The van der Waals surface area contributed by atoms with E-state index in [1.165, 1.54) is 35.9 Å². The van der Waals surface area contributed by atoms with E-state index in [1.807, 2.05) is 0 Å². The van der Waals surface area contributed by atoms with Crippen molar-refractivity contribution in [2.24, 2.45) is 7.05 Å². The van der Waals surface area contributed by atoms with Gasteiger partial charge in [0.15, 0.2) is 5.78 Å². The summed E-state index contributed by atoms with van der Waals surface area (Å²) in [6.45, 7) is 3.07. The molecule has 0 bridgehead atoms. The number of hydrogen-bond donors (Lipinski definition) is 0. The smallest absolute Gasteiger partial charge is 0.282 e. The molecule has 0 spiro atoms. The van der Waals surface area contributed by atoms with E-state index in [4.69, 9.17) is 0 Å². The number of ketones is 1. The molecule has 0 unspecified atom stereocenters. The summed E-state index contributed by atoms with van der Waals surface area (Å²) < 4.78 is 15.8. The number of benzene rings is 1. The number of rotatable bonds is 2. The van der Waals surface area contributed by atoms with Crippen LogP contribution in [0.25, 0.3) is 5.69 Å². The number of hydrogen-bond acceptors (Lipinski definition) is 2. The second-order valence-electron chi connectivity index (χ2n) is 4.13. The van der Waals surface area contributed by atoms with Crippen molar-refractivity contribution in [2.45, 2.75) is 13.8 Å². The van der Waals surface area contributed by atoms with Crippen molar-refractivity contribution in [2.75, 3.05) is 0 Å². The summed E-state index contributed by atoms with van der Waals surface area (Å²) in [5.41, 5.74) is 0.909. The molecule has 5 heteroatoms. The van der Waals surface area contributed by atoms with Crippen molar-refractivity contribution in [1.29, 1.82) is 0 Å². The largest absolute Gasteiger partial charge is 0.294 e. The van der Waals surface area contributed by atoms with Gasteiger partial charge < -0.3 is 0 Å². The summed E-state index contributed by atoms with van der Waals surface area (Å²) in [7, 11) is 1.69. The number of aromatic nitrogens is 2. The van der Waals surface area contributed by atoms with Crippen LogP contribution in [0.5, 0.6) is 0 Å². The number of carbonyl (C=O) groups excluding carboxylic acids is 1. The van der Waals surface area contributed by atoms with E-state index in [2.05, 4.69) is 0 Å². The minimum atomic E-state index is -0.380. The van der Waals surface area contributed by atoms with Gasteiger partial charge in [-0.25, -0.2) is 9.07 Å². The Morgan fingerprint density at radius 2 is 1.78 bits per heavy atom. The fourth-order valence-electron chi connectivity index (χ4n) is 1.99. The summed E-state index contributed by atoms with van der Waals surface area (Å²) in [6.07, 6.45) is 0. The van der Waals surface area contributed by atoms with Crippen LogP contribution in [0, 0.1) is 12.7 Å². The highest BCUT2D eigenvalue weighted by Crippen LogP contribution is 2.11. The van der Waals surface area contributed by atoms with E-state index in [0.717, 1.165) is 0 Å². The average molecular weight is 248 g/mol. The van der Waals surface area contributed by atoms with Crippen LogP contribution in [0.2, 0.25) is 0 Å². The highest BCUT2D eigenvalue weighted by atomic mass is 19.1. The van der Waals surface area contributed by atoms with E-state index in [1.54, 1.807) is 18.7 Å². The zero-order valence-corrected chi connectivity index (χ0v) is 10.4. The van der Waals surface area contributed by atoms with Crippen LogP contribution in [-0.2, 0) is 7.05 Å². The zero-order chi connectivity index (χ0) is 13.4. The molecular weight excluding hydrogens is 235 g/mol. The Labute approximate surface area is 103 Å². The molecule has 2 aromatic rings. The highest BCUT2D eigenvalue weighted by molar-refractivity contribution is 5.94. The van der Waals surface area contributed by atoms with Gasteiger partial charge in [-0.15, -0.1) is 0 Å². The van der Waals surface area contributed by atoms with Crippen LogP contribution in [0.4, 0.5) is 4.39 Å². The summed E-state index contributed by atoms with van der Waals surface area (Å²) >= 11 is 0. The van der Waals surface area contributed by atoms with Gasteiger partial charge in [-0.1, -0.05) is 0 Å². The van der Waals surface area contributed by atoms with Crippen LogP contribution in [-0.4, -0.2) is 15.1 Å². The Morgan fingerprint density at radius 1 is 1.22 bits per heavy atom. The summed E-state index contributed by atoms with van der Waals surface area (Å²) in [4.78, 5) is 23.6. The van der Waals surface area contributed by atoms with Crippen LogP contribution < -0.4 is 5.56 Å². The van der Waals surface area contributed by atoms with Gasteiger partial charge in [0.1, 0.15) is 11.4 Å². The first-order chi connectivity index (χ1) is 8.43. The Bertz CT molecular complexity index is 666. The van der Waals surface area contributed by atoms with Crippen molar-refractivity contribution in [3.05, 3.63) is 51.7 Å². The third-order valence-corrected chi connectivity index (χ3v) is 2.98. The van der Waals surface area contributed by atoms with Gasteiger partial charge in [-0.05, 0) is 38.1 Å². The lowest BCUT2D eigenvalue weighted by Crippen LogP contribution is -2.22. The topological polar surface area (TPSA) is 44.0 Å². The molecule has 18 heavy (non-hydrogen) atoms. The molecule has 0 aliphatic heterocycles. The maximum Gasteiger partial charge on any atom is 0.282 e. The maximum atomic E-state index is 12.9. The molecule has 0 fully saturated rings. The minimum absolute atomic E-state index is 0.168. The molecule has 0 aliphatic carbocycles. The fourth-order valence-corrected chi connectivity index (χ4v) is 1.99. The minimum Gasteiger partial charge on any atom is -0.294 e. The predicted molar refractivity (Wildman–Crippen MR) is 65.7 cm³/mol. The van der Waals surface area contributed by atoms with Crippen molar-refractivity contribution in [3.8, 4) is 5.69 Å². The molecule has 1 aromatic carbocycles. The van der Waals surface area contributed by atoms with Gasteiger partial charge in [0.2, 0.25) is 0 Å². The second-order valence-corrected chi connectivity index (χ2v) is 4.13. The molecule has 0 saturated carbocycles. The van der Waals surface area contributed by atoms with Crippen molar-refractivity contribution in [1.82, 2.24) is 9.36 Å². The lowest BCUT2D eigenvalue weighted by molar-refractivity contribution is 0.101. The van der Waals surface area contributed by atoms with Gasteiger partial charge in [0.25, 0.3) is 5.56 Å². The monoisotopic (exact) mass is 248 g/mol. The molecule has 0 atom stereocenters. The predicted octanol–water partition coefficient (Wildman–Crippen LogP) is 1.83. The van der Waals surface area contributed by atoms with E-state index in [-0.39, 0.29) is 22.7 Å². The van der Waals surface area contributed by atoms with Gasteiger partial charge in [0, 0.05) is 12.7 Å². The first-order valence-corrected chi connectivity index (χ1v) is 5.49.